The summed E-state index contributed by atoms with van der Waals surface area (Å²) in [5.41, 5.74) is 5.09. The van der Waals surface area contributed by atoms with Crippen molar-refractivity contribution in [1.29, 1.82) is 0 Å². The SMILES string of the molecule is C=C(C)C(N)=O.CC(C)CS(=O)(=O)[O-].[Na+]. The van der Waals surface area contributed by atoms with Crippen LogP contribution >= 0.6 is 0 Å². The molecule has 5 nitrogen and oxygen atoms in total. The van der Waals surface area contributed by atoms with Gasteiger partial charge in [-0.15, -0.1) is 0 Å². The van der Waals surface area contributed by atoms with Gasteiger partial charge >= 0.3 is 29.6 Å². The van der Waals surface area contributed by atoms with Crippen molar-refractivity contribution in [1.82, 2.24) is 0 Å². The van der Waals surface area contributed by atoms with E-state index in [0.717, 1.165) is 0 Å². The van der Waals surface area contributed by atoms with Crippen LogP contribution in [0, 0.1) is 5.92 Å². The van der Waals surface area contributed by atoms with Gasteiger partial charge in [-0.1, -0.05) is 20.4 Å². The molecule has 0 aliphatic carbocycles. The number of carbonyl (C=O) groups excluding carboxylic acids is 1. The maximum atomic E-state index is 9.89. The quantitative estimate of drug-likeness (QED) is 0.330. The Morgan fingerprint density at radius 2 is 1.73 bits per heavy atom. The van der Waals surface area contributed by atoms with Gasteiger partial charge in [-0.05, 0) is 12.8 Å². The molecule has 0 fully saturated rings. The van der Waals surface area contributed by atoms with Crippen LogP contribution in [0.2, 0.25) is 0 Å². The fraction of sp³-hybridized carbons (Fsp3) is 0.625. The van der Waals surface area contributed by atoms with E-state index in [0.29, 0.717) is 5.57 Å². The third-order valence-electron chi connectivity index (χ3n) is 0.958. The summed E-state index contributed by atoms with van der Waals surface area (Å²) in [5, 5.41) is 0. The minimum absolute atomic E-state index is 0. The van der Waals surface area contributed by atoms with Gasteiger partial charge in [0.25, 0.3) is 0 Å². The predicted octanol–water partition coefficient (Wildman–Crippen LogP) is -2.76. The van der Waals surface area contributed by atoms with Crippen LogP contribution in [0.4, 0.5) is 0 Å². The number of hydrogen-bond donors (Lipinski definition) is 1. The Morgan fingerprint density at radius 1 is 1.47 bits per heavy atom. The fourth-order valence-electron chi connectivity index (χ4n) is 0.408. The van der Waals surface area contributed by atoms with Gasteiger partial charge in [0, 0.05) is 11.3 Å². The van der Waals surface area contributed by atoms with Crippen LogP contribution in [0.3, 0.4) is 0 Å². The van der Waals surface area contributed by atoms with E-state index < -0.39 is 16.0 Å². The molecule has 0 aromatic heterocycles. The molecule has 0 heterocycles. The number of rotatable bonds is 3. The van der Waals surface area contributed by atoms with E-state index in [1.807, 2.05) is 0 Å². The maximum absolute atomic E-state index is 9.89. The first kappa shape index (κ1) is 20.5. The molecule has 0 saturated carbocycles. The second kappa shape index (κ2) is 9.35. The zero-order valence-electron chi connectivity index (χ0n) is 9.61. The average molecular weight is 245 g/mol. The molecule has 0 aliphatic heterocycles. The number of nitrogens with two attached hydrogens (primary N) is 1. The van der Waals surface area contributed by atoms with E-state index in [1.54, 1.807) is 20.8 Å². The molecule has 2 N–H and O–H groups in total. The molecule has 0 spiro atoms. The summed E-state index contributed by atoms with van der Waals surface area (Å²) in [4.78, 5) is 9.82. The normalized spacial score (nSPS) is 9.67. The standard InChI is InChI=1S/C4H7NO.C4H10O3S.Na/c1-3(2)4(5)6;1-4(2)3-8(5,6)7;/h1H2,2H3,(H2,5,6);4H,3H2,1-2H3,(H,5,6,7);/q;;+1/p-1. The van der Waals surface area contributed by atoms with E-state index in [2.05, 4.69) is 6.58 Å². The van der Waals surface area contributed by atoms with Crippen LogP contribution in [-0.2, 0) is 14.9 Å². The zero-order valence-corrected chi connectivity index (χ0v) is 12.4. The summed E-state index contributed by atoms with van der Waals surface area (Å²) in [6.45, 7) is 8.23. The number of hydrogen-bond acceptors (Lipinski definition) is 4. The van der Waals surface area contributed by atoms with Crippen LogP contribution in [0.25, 0.3) is 0 Å². The fourth-order valence-corrected chi connectivity index (χ4v) is 1.22. The van der Waals surface area contributed by atoms with Gasteiger partial charge in [0.15, 0.2) is 0 Å². The summed E-state index contributed by atoms with van der Waals surface area (Å²) in [6.07, 6.45) is 0. The Bertz CT molecular complexity index is 286. The summed E-state index contributed by atoms with van der Waals surface area (Å²) in [7, 11) is -3.97. The van der Waals surface area contributed by atoms with E-state index >= 15 is 0 Å². The van der Waals surface area contributed by atoms with E-state index in [-0.39, 0.29) is 41.2 Å². The average Bonchev–Trinajstić information content (AvgIpc) is 1.81. The van der Waals surface area contributed by atoms with Crippen molar-refractivity contribution in [2.75, 3.05) is 5.75 Å². The van der Waals surface area contributed by atoms with Crippen molar-refractivity contribution >= 4 is 16.0 Å². The van der Waals surface area contributed by atoms with Gasteiger partial charge in [-0.25, -0.2) is 8.42 Å². The number of amides is 1. The first-order valence-corrected chi connectivity index (χ1v) is 5.53. The van der Waals surface area contributed by atoms with Gasteiger partial charge in [0.1, 0.15) is 0 Å². The molecule has 0 unspecified atom stereocenters. The van der Waals surface area contributed by atoms with E-state index in [4.69, 9.17) is 5.73 Å². The largest absolute Gasteiger partial charge is 1.00 e. The second-order valence-electron chi connectivity index (χ2n) is 3.26. The van der Waals surface area contributed by atoms with Gasteiger partial charge < -0.3 is 10.3 Å². The molecule has 0 saturated heterocycles. The molecule has 1 amide bonds. The van der Waals surface area contributed by atoms with E-state index in [9.17, 15) is 17.8 Å². The second-order valence-corrected chi connectivity index (χ2v) is 4.71. The Labute approximate surface area is 113 Å². The van der Waals surface area contributed by atoms with Crippen LogP contribution in [0.5, 0.6) is 0 Å². The summed E-state index contributed by atoms with van der Waals surface area (Å²) in [5.74, 6) is -0.750. The van der Waals surface area contributed by atoms with Crippen molar-refractivity contribution in [2.45, 2.75) is 20.8 Å². The molecule has 7 heteroatoms. The number of carbonyl (C=O) groups is 1. The minimum atomic E-state index is -3.97. The monoisotopic (exact) mass is 245 g/mol. The van der Waals surface area contributed by atoms with Gasteiger partial charge in [0.05, 0.1) is 10.1 Å². The van der Waals surface area contributed by atoms with Crippen LogP contribution in [0.15, 0.2) is 12.2 Å². The molecule has 0 aliphatic rings. The van der Waals surface area contributed by atoms with Crippen molar-refractivity contribution < 1.29 is 47.3 Å². The molecule has 0 atom stereocenters. The van der Waals surface area contributed by atoms with Crippen LogP contribution < -0.4 is 35.3 Å². The molecule has 0 rings (SSSR count). The molecule has 0 aromatic carbocycles. The number of primary amides is 1. The van der Waals surface area contributed by atoms with Gasteiger partial charge in [-0.3, -0.25) is 4.79 Å². The Balaban J connectivity index is -0.000000187. The molecule has 15 heavy (non-hydrogen) atoms. The smallest absolute Gasteiger partial charge is 0.748 e. The third-order valence-corrected chi connectivity index (χ3v) is 2.03. The molecule has 0 aromatic rings. The third kappa shape index (κ3) is 24.9. The molecule has 84 valence electrons. The summed E-state index contributed by atoms with van der Waals surface area (Å²) < 4.78 is 29.7. The molecular weight excluding hydrogens is 229 g/mol. The Hall–Kier alpha value is 0.120. The van der Waals surface area contributed by atoms with Crippen molar-refractivity contribution in [3.8, 4) is 0 Å². The minimum Gasteiger partial charge on any atom is -0.748 e. The van der Waals surface area contributed by atoms with Gasteiger partial charge in [-0.2, -0.15) is 0 Å². The Kier molecular flexibility index (Phi) is 12.8. The first-order chi connectivity index (χ1) is 6.06. The summed E-state index contributed by atoms with van der Waals surface area (Å²) in [6, 6.07) is 0. The molecular formula is C8H16NNaO4S. The Morgan fingerprint density at radius 3 is 1.73 bits per heavy atom. The molecule has 0 radical (unpaired) electrons. The van der Waals surface area contributed by atoms with Gasteiger partial charge in [0.2, 0.25) is 5.91 Å². The van der Waals surface area contributed by atoms with Crippen molar-refractivity contribution in [2.24, 2.45) is 11.7 Å². The first-order valence-electron chi connectivity index (χ1n) is 3.95. The summed E-state index contributed by atoms with van der Waals surface area (Å²) >= 11 is 0. The van der Waals surface area contributed by atoms with Crippen molar-refractivity contribution in [3.63, 3.8) is 0 Å². The molecule has 0 bridgehead atoms. The van der Waals surface area contributed by atoms with E-state index in [1.165, 1.54) is 0 Å². The van der Waals surface area contributed by atoms with Crippen LogP contribution in [0.1, 0.15) is 20.8 Å². The van der Waals surface area contributed by atoms with Crippen molar-refractivity contribution in [3.05, 3.63) is 12.2 Å². The van der Waals surface area contributed by atoms with Crippen LogP contribution in [-0.4, -0.2) is 24.6 Å². The zero-order chi connectivity index (χ0) is 11.9. The topological polar surface area (TPSA) is 100 Å². The maximum Gasteiger partial charge on any atom is 1.00 e. The predicted molar refractivity (Wildman–Crippen MR) is 53.4 cm³/mol.